The third-order valence-electron chi connectivity index (χ3n) is 3.39. The molecule has 0 saturated carbocycles. The number of carbonyl (C=O) groups is 1. The number of nitrogens with zero attached hydrogens (tertiary/aromatic N) is 1. The number of hydrogen-bond acceptors (Lipinski definition) is 3. The van der Waals surface area contributed by atoms with Crippen molar-refractivity contribution in [3.05, 3.63) is 36.4 Å². The summed E-state index contributed by atoms with van der Waals surface area (Å²) in [6.45, 7) is 1.85. The van der Waals surface area contributed by atoms with E-state index in [1.54, 1.807) is 0 Å². The second-order valence-corrected chi connectivity index (χ2v) is 4.61. The van der Waals surface area contributed by atoms with E-state index in [1.807, 2.05) is 24.3 Å². The minimum absolute atomic E-state index is 0.142. The van der Waals surface area contributed by atoms with Crippen molar-refractivity contribution in [3.63, 3.8) is 0 Å². The van der Waals surface area contributed by atoms with Crippen molar-refractivity contribution in [2.24, 2.45) is 0 Å². The molecule has 0 aliphatic carbocycles. The van der Waals surface area contributed by atoms with Gasteiger partial charge in [-0.1, -0.05) is 30.3 Å². The van der Waals surface area contributed by atoms with Crippen molar-refractivity contribution in [1.82, 2.24) is 0 Å². The van der Waals surface area contributed by atoms with Crippen LogP contribution in [0.5, 0.6) is 5.75 Å². The van der Waals surface area contributed by atoms with Gasteiger partial charge in [0, 0.05) is 11.9 Å². The highest BCUT2D eigenvalue weighted by molar-refractivity contribution is 5.97. The zero-order valence-corrected chi connectivity index (χ0v) is 10.5. The van der Waals surface area contributed by atoms with Crippen LogP contribution in [0.1, 0.15) is 6.42 Å². The highest BCUT2D eigenvalue weighted by Crippen LogP contribution is 2.38. The molecule has 4 nitrogen and oxygen atoms in total. The fourth-order valence-electron chi connectivity index (χ4n) is 2.51. The number of carboxylic acids is 1. The number of carboxylic acid groups (broad SMARTS) is 1. The minimum Gasteiger partial charge on any atom is -0.490 e. The van der Waals surface area contributed by atoms with Gasteiger partial charge < -0.3 is 14.7 Å². The first-order valence-electron chi connectivity index (χ1n) is 6.37. The Morgan fingerprint density at radius 3 is 2.95 bits per heavy atom. The number of fused-ring (bicyclic) bond motifs is 3. The Kier molecular flexibility index (Phi) is 2.99. The van der Waals surface area contributed by atoms with E-state index in [0.717, 1.165) is 28.8 Å². The molecule has 98 valence electrons. The largest absolute Gasteiger partial charge is 0.490 e. The summed E-state index contributed by atoms with van der Waals surface area (Å²) in [5, 5.41) is 11.1. The van der Waals surface area contributed by atoms with Gasteiger partial charge in [-0.2, -0.15) is 0 Å². The summed E-state index contributed by atoms with van der Waals surface area (Å²) < 4.78 is 5.68. The molecule has 0 aromatic heterocycles. The summed E-state index contributed by atoms with van der Waals surface area (Å²) >= 11 is 0. The van der Waals surface area contributed by atoms with Crippen LogP contribution >= 0.6 is 0 Å². The van der Waals surface area contributed by atoms with Gasteiger partial charge in [-0.05, 0) is 11.5 Å². The van der Waals surface area contributed by atoms with Crippen LogP contribution in [0.25, 0.3) is 10.8 Å². The van der Waals surface area contributed by atoms with E-state index in [-0.39, 0.29) is 6.42 Å². The van der Waals surface area contributed by atoms with Crippen LogP contribution in [0, 0.1) is 0 Å². The van der Waals surface area contributed by atoms with Crippen molar-refractivity contribution in [2.45, 2.75) is 6.42 Å². The molecular formula is C15H15NO3. The van der Waals surface area contributed by atoms with Crippen molar-refractivity contribution < 1.29 is 14.6 Å². The monoisotopic (exact) mass is 257 g/mol. The Labute approximate surface area is 111 Å². The molecule has 1 N–H and O–H groups in total. The standard InChI is InChI=1S/C15H15NO3/c17-14(18)7-8-16-9-10-19-13-6-5-11-3-1-2-4-12(11)15(13)16/h1-6H,7-10H2,(H,17,18). The zero-order valence-electron chi connectivity index (χ0n) is 10.5. The first-order chi connectivity index (χ1) is 9.25. The molecule has 0 amide bonds. The molecular weight excluding hydrogens is 242 g/mol. The summed E-state index contributed by atoms with van der Waals surface area (Å²) in [5.41, 5.74) is 1.02. The molecule has 0 radical (unpaired) electrons. The summed E-state index contributed by atoms with van der Waals surface area (Å²) in [4.78, 5) is 12.9. The average molecular weight is 257 g/mol. The third-order valence-corrected chi connectivity index (χ3v) is 3.39. The van der Waals surface area contributed by atoms with E-state index < -0.39 is 5.97 Å². The molecule has 2 aromatic rings. The van der Waals surface area contributed by atoms with Crippen LogP contribution < -0.4 is 9.64 Å². The van der Waals surface area contributed by atoms with Crippen LogP contribution in [0.15, 0.2) is 36.4 Å². The SMILES string of the molecule is O=C(O)CCN1CCOc2ccc3ccccc3c21. The number of aliphatic carboxylic acids is 1. The van der Waals surface area contributed by atoms with Gasteiger partial charge >= 0.3 is 5.97 Å². The Balaban J connectivity index is 2.05. The molecule has 19 heavy (non-hydrogen) atoms. The van der Waals surface area contributed by atoms with Gasteiger partial charge in [0.1, 0.15) is 12.4 Å². The maximum Gasteiger partial charge on any atom is 0.305 e. The highest BCUT2D eigenvalue weighted by atomic mass is 16.5. The highest BCUT2D eigenvalue weighted by Gasteiger charge is 2.20. The van der Waals surface area contributed by atoms with E-state index in [2.05, 4.69) is 17.0 Å². The molecule has 3 rings (SSSR count). The smallest absolute Gasteiger partial charge is 0.305 e. The van der Waals surface area contributed by atoms with Gasteiger partial charge in [-0.3, -0.25) is 4.79 Å². The lowest BCUT2D eigenvalue weighted by molar-refractivity contribution is -0.136. The van der Waals surface area contributed by atoms with Gasteiger partial charge in [0.2, 0.25) is 0 Å². The zero-order chi connectivity index (χ0) is 13.2. The first-order valence-corrected chi connectivity index (χ1v) is 6.37. The van der Waals surface area contributed by atoms with Crippen molar-refractivity contribution in [3.8, 4) is 5.75 Å². The number of ether oxygens (including phenoxy) is 1. The van der Waals surface area contributed by atoms with Crippen LogP contribution in [0.4, 0.5) is 5.69 Å². The maximum atomic E-state index is 10.8. The van der Waals surface area contributed by atoms with E-state index in [9.17, 15) is 4.79 Å². The predicted octanol–water partition coefficient (Wildman–Crippen LogP) is 2.51. The minimum atomic E-state index is -0.770. The van der Waals surface area contributed by atoms with Crippen molar-refractivity contribution >= 4 is 22.4 Å². The fourth-order valence-corrected chi connectivity index (χ4v) is 2.51. The van der Waals surface area contributed by atoms with Gasteiger partial charge in [0.15, 0.2) is 0 Å². The lowest BCUT2D eigenvalue weighted by atomic mass is 10.1. The molecule has 0 spiro atoms. The summed E-state index contributed by atoms with van der Waals surface area (Å²) in [5.74, 6) is 0.0728. The first kappa shape index (κ1) is 11.8. The molecule has 1 heterocycles. The van der Waals surface area contributed by atoms with Crippen LogP contribution in [-0.4, -0.2) is 30.8 Å². The molecule has 4 heteroatoms. The molecule has 0 atom stereocenters. The van der Waals surface area contributed by atoms with Crippen LogP contribution in [0.3, 0.4) is 0 Å². The summed E-state index contributed by atoms with van der Waals surface area (Å²) in [7, 11) is 0. The van der Waals surface area contributed by atoms with Crippen molar-refractivity contribution in [1.29, 1.82) is 0 Å². The summed E-state index contributed by atoms with van der Waals surface area (Å²) in [6.07, 6.45) is 0.142. The van der Waals surface area contributed by atoms with E-state index >= 15 is 0 Å². The van der Waals surface area contributed by atoms with Crippen LogP contribution in [-0.2, 0) is 4.79 Å². The van der Waals surface area contributed by atoms with Gasteiger partial charge in [-0.15, -0.1) is 0 Å². The molecule has 0 fully saturated rings. The quantitative estimate of drug-likeness (QED) is 0.918. The van der Waals surface area contributed by atoms with Crippen LogP contribution in [0.2, 0.25) is 0 Å². The van der Waals surface area contributed by atoms with Gasteiger partial charge in [0.05, 0.1) is 18.7 Å². The average Bonchev–Trinajstić information content (AvgIpc) is 2.44. The topological polar surface area (TPSA) is 49.8 Å². The predicted molar refractivity (Wildman–Crippen MR) is 73.9 cm³/mol. The molecule has 0 unspecified atom stereocenters. The molecule has 2 aromatic carbocycles. The number of hydrogen-bond donors (Lipinski definition) is 1. The van der Waals surface area contributed by atoms with E-state index in [0.29, 0.717) is 13.2 Å². The lowest BCUT2D eigenvalue weighted by Gasteiger charge is -2.32. The Morgan fingerprint density at radius 1 is 1.26 bits per heavy atom. The fraction of sp³-hybridized carbons (Fsp3) is 0.267. The molecule has 0 saturated heterocycles. The van der Waals surface area contributed by atoms with Crippen molar-refractivity contribution in [2.75, 3.05) is 24.6 Å². The molecule has 1 aliphatic heterocycles. The Bertz CT molecular complexity index is 624. The van der Waals surface area contributed by atoms with Gasteiger partial charge in [0.25, 0.3) is 0 Å². The van der Waals surface area contributed by atoms with E-state index in [1.165, 1.54) is 0 Å². The second kappa shape index (κ2) is 4.80. The Hall–Kier alpha value is -2.23. The maximum absolute atomic E-state index is 10.8. The lowest BCUT2D eigenvalue weighted by Crippen LogP contribution is -2.34. The third kappa shape index (κ3) is 2.21. The van der Waals surface area contributed by atoms with E-state index in [4.69, 9.17) is 9.84 Å². The summed E-state index contributed by atoms with van der Waals surface area (Å²) in [6, 6.07) is 12.1. The number of benzene rings is 2. The number of anilines is 1. The molecule has 1 aliphatic rings. The normalized spacial score (nSPS) is 14.0. The Morgan fingerprint density at radius 2 is 2.11 bits per heavy atom. The second-order valence-electron chi connectivity index (χ2n) is 4.61. The molecule has 0 bridgehead atoms. The van der Waals surface area contributed by atoms with Gasteiger partial charge in [-0.25, -0.2) is 0 Å². The number of rotatable bonds is 3.